The van der Waals surface area contributed by atoms with Crippen molar-refractivity contribution in [3.05, 3.63) is 47.5 Å². The minimum Gasteiger partial charge on any atom is -0.359 e. The third-order valence-corrected chi connectivity index (χ3v) is 3.59. The Morgan fingerprint density at radius 1 is 1.21 bits per heavy atom. The van der Waals surface area contributed by atoms with Gasteiger partial charge < -0.3 is 10.3 Å². The Bertz CT molecular complexity index is 715. The van der Waals surface area contributed by atoms with Crippen LogP contribution in [0.5, 0.6) is 0 Å². The molecule has 5 heteroatoms. The van der Waals surface area contributed by atoms with Crippen molar-refractivity contribution in [2.75, 3.05) is 10.6 Å². The van der Waals surface area contributed by atoms with Crippen LogP contribution >= 0.6 is 11.3 Å². The maximum Gasteiger partial charge on any atom is 0.324 e. The second kappa shape index (κ2) is 4.78. The Hall–Kier alpha value is -2.27. The van der Waals surface area contributed by atoms with E-state index in [1.807, 2.05) is 48.7 Å². The largest absolute Gasteiger partial charge is 0.359 e. The van der Waals surface area contributed by atoms with Crippen LogP contribution in [0.2, 0.25) is 0 Å². The van der Waals surface area contributed by atoms with Crippen molar-refractivity contribution in [2.24, 2.45) is 0 Å². The molecule has 0 aliphatic heterocycles. The first-order chi connectivity index (χ1) is 9.22. The van der Waals surface area contributed by atoms with E-state index in [4.69, 9.17) is 0 Å². The third-order valence-electron chi connectivity index (χ3n) is 2.80. The lowest BCUT2D eigenvalue weighted by molar-refractivity contribution is 0.262. The molecule has 0 radical (unpaired) electrons. The fourth-order valence-corrected chi connectivity index (χ4v) is 2.63. The van der Waals surface area contributed by atoms with Gasteiger partial charge >= 0.3 is 6.03 Å². The van der Waals surface area contributed by atoms with Gasteiger partial charge in [0.25, 0.3) is 0 Å². The van der Waals surface area contributed by atoms with Crippen molar-refractivity contribution in [2.45, 2.75) is 6.92 Å². The topological polar surface area (TPSA) is 56.9 Å². The first-order valence-corrected chi connectivity index (χ1v) is 6.80. The zero-order valence-corrected chi connectivity index (χ0v) is 11.2. The molecular formula is C14H13N3OS. The Morgan fingerprint density at radius 2 is 2.11 bits per heavy atom. The summed E-state index contributed by atoms with van der Waals surface area (Å²) in [4.78, 5) is 15.2. The Morgan fingerprint density at radius 3 is 2.89 bits per heavy atom. The lowest BCUT2D eigenvalue weighted by Gasteiger charge is -2.07. The third kappa shape index (κ3) is 2.46. The van der Waals surface area contributed by atoms with Gasteiger partial charge in [0.2, 0.25) is 0 Å². The molecule has 2 heterocycles. The predicted octanol–water partition coefficient (Wildman–Crippen LogP) is 4.18. The van der Waals surface area contributed by atoms with Gasteiger partial charge in [-0.2, -0.15) is 0 Å². The van der Waals surface area contributed by atoms with Crippen LogP contribution in [0.4, 0.5) is 15.5 Å². The number of nitrogens with one attached hydrogen (secondary N) is 3. The van der Waals surface area contributed by atoms with E-state index in [1.165, 1.54) is 11.3 Å². The predicted molar refractivity (Wildman–Crippen MR) is 80.0 cm³/mol. The van der Waals surface area contributed by atoms with E-state index in [9.17, 15) is 4.79 Å². The number of amides is 2. The molecule has 0 fully saturated rings. The molecule has 4 nitrogen and oxygen atoms in total. The summed E-state index contributed by atoms with van der Waals surface area (Å²) >= 11 is 1.49. The highest BCUT2D eigenvalue weighted by atomic mass is 32.1. The van der Waals surface area contributed by atoms with E-state index >= 15 is 0 Å². The number of aromatic amines is 1. The Labute approximate surface area is 114 Å². The molecule has 3 aromatic rings. The van der Waals surface area contributed by atoms with Crippen LogP contribution in [0.15, 0.2) is 41.8 Å². The Kier molecular flexibility index (Phi) is 2.97. The number of carbonyl (C=O) groups is 1. The number of aromatic nitrogens is 1. The molecular weight excluding hydrogens is 258 g/mol. The average molecular weight is 271 g/mol. The van der Waals surface area contributed by atoms with Gasteiger partial charge in [-0.1, -0.05) is 6.07 Å². The van der Waals surface area contributed by atoms with Crippen LogP contribution in [0.3, 0.4) is 0 Å². The molecule has 96 valence electrons. The fraction of sp³-hybridized carbons (Fsp3) is 0.0714. The van der Waals surface area contributed by atoms with Crippen LogP contribution in [0.25, 0.3) is 10.9 Å². The summed E-state index contributed by atoms with van der Waals surface area (Å²) < 4.78 is 0. The van der Waals surface area contributed by atoms with Gasteiger partial charge in [0.15, 0.2) is 0 Å². The molecule has 0 saturated heterocycles. The molecule has 2 amide bonds. The van der Waals surface area contributed by atoms with Crippen molar-refractivity contribution in [3.63, 3.8) is 0 Å². The fourth-order valence-electron chi connectivity index (χ4n) is 2.02. The van der Waals surface area contributed by atoms with E-state index in [0.717, 1.165) is 27.3 Å². The van der Waals surface area contributed by atoms with Gasteiger partial charge in [-0.25, -0.2) is 4.79 Å². The van der Waals surface area contributed by atoms with Crippen LogP contribution < -0.4 is 10.6 Å². The van der Waals surface area contributed by atoms with Crippen molar-refractivity contribution in [3.8, 4) is 0 Å². The molecule has 2 aromatic heterocycles. The Balaban J connectivity index is 1.83. The number of H-pyrrole nitrogens is 1. The van der Waals surface area contributed by atoms with Gasteiger partial charge in [-0.3, -0.25) is 5.32 Å². The first kappa shape index (κ1) is 11.8. The molecule has 0 aliphatic carbocycles. The summed E-state index contributed by atoms with van der Waals surface area (Å²) in [6.45, 7) is 2.00. The molecule has 0 bridgehead atoms. The van der Waals surface area contributed by atoms with Crippen molar-refractivity contribution < 1.29 is 4.79 Å². The zero-order chi connectivity index (χ0) is 13.2. The highest BCUT2D eigenvalue weighted by Gasteiger charge is 2.07. The number of hydrogen-bond donors (Lipinski definition) is 3. The van der Waals surface area contributed by atoms with E-state index in [-0.39, 0.29) is 6.03 Å². The maximum atomic E-state index is 11.9. The SMILES string of the molecule is Cc1cc2c(NC(=O)Nc3cccs3)cccc2[nH]1. The van der Waals surface area contributed by atoms with Gasteiger partial charge in [0.1, 0.15) is 0 Å². The summed E-state index contributed by atoms with van der Waals surface area (Å²) in [5.74, 6) is 0. The smallest absolute Gasteiger partial charge is 0.324 e. The van der Waals surface area contributed by atoms with Gasteiger partial charge in [0, 0.05) is 16.6 Å². The average Bonchev–Trinajstić information content (AvgIpc) is 2.97. The highest BCUT2D eigenvalue weighted by Crippen LogP contribution is 2.24. The van der Waals surface area contributed by atoms with E-state index in [2.05, 4.69) is 15.6 Å². The number of hydrogen-bond acceptors (Lipinski definition) is 2. The number of fused-ring (bicyclic) bond motifs is 1. The van der Waals surface area contributed by atoms with E-state index in [1.54, 1.807) is 0 Å². The summed E-state index contributed by atoms with van der Waals surface area (Å²) in [7, 11) is 0. The molecule has 1 aromatic carbocycles. The number of urea groups is 1. The number of benzene rings is 1. The second-order valence-electron chi connectivity index (χ2n) is 4.28. The van der Waals surface area contributed by atoms with E-state index in [0.29, 0.717) is 0 Å². The highest BCUT2D eigenvalue weighted by molar-refractivity contribution is 7.14. The van der Waals surface area contributed by atoms with Crippen LogP contribution in [-0.4, -0.2) is 11.0 Å². The normalized spacial score (nSPS) is 10.6. The minimum absolute atomic E-state index is 0.228. The van der Waals surface area contributed by atoms with Gasteiger partial charge in [-0.05, 0) is 42.6 Å². The lowest BCUT2D eigenvalue weighted by Crippen LogP contribution is -2.18. The van der Waals surface area contributed by atoms with E-state index < -0.39 is 0 Å². The summed E-state index contributed by atoms with van der Waals surface area (Å²) in [5, 5.41) is 9.44. The molecule has 3 N–H and O–H groups in total. The number of rotatable bonds is 2. The zero-order valence-electron chi connectivity index (χ0n) is 10.4. The minimum atomic E-state index is -0.228. The van der Waals surface area contributed by atoms with Crippen molar-refractivity contribution >= 4 is 39.0 Å². The monoisotopic (exact) mass is 271 g/mol. The molecule has 0 atom stereocenters. The molecule has 19 heavy (non-hydrogen) atoms. The first-order valence-electron chi connectivity index (χ1n) is 5.92. The molecule has 0 saturated carbocycles. The molecule has 0 aliphatic rings. The maximum absolute atomic E-state index is 11.9. The van der Waals surface area contributed by atoms with Crippen molar-refractivity contribution in [1.82, 2.24) is 4.98 Å². The van der Waals surface area contributed by atoms with Crippen LogP contribution in [0.1, 0.15) is 5.69 Å². The lowest BCUT2D eigenvalue weighted by atomic mass is 10.2. The number of anilines is 2. The summed E-state index contributed by atoms with van der Waals surface area (Å²) in [6.07, 6.45) is 0. The van der Waals surface area contributed by atoms with Gasteiger partial charge in [0.05, 0.1) is 10.7 Å². The quantitative estimate of drug-likeness (QED) is 0.643. The summed E-state index contributed by atoms with van der Waals surface area (Å²) in [6, 6.07) is 11.4. The second-order valence-corrected chi connectivity index (χ2v) is 5.22. The summed E-state index contributed by atoms with van der Waals surface area (Å²) in [5.41, 5.74) is 2.89. The van der Waals surface area contributed by atoms with Crippen molar-refractivity contribution in [1.29, 1.82) is 0 Å². The molecule has 0 spiro atoms. The number of thiophene rings is 1. The van der Waals surface area contributed by atoms with Gasteiger partial charge in [-0.15, -0.1) is 11.3 Å². The number of aryl methyl sites for hydroxylation is 1. The van der Waals surface area contributed by atoms with Crippen LogP contribution in [-0.2, 0) is 0 Å². The number of carbonyl (C=O) groups excluding carboxylic acids is 1. The molecule has 3 rings (SSSR count). The standard InChI is InChI=1S/C14H13N3OS/c1-9-8-10-11(15-9)4-2-5-12(10)16-14(18)17-13-6-3-7-19-13/h2-8,15H,1H3,(H2,16,17,18). The van der Waals surface area contributed by atoms with Crippen LogP contribution in [0, 0.1) is 6.92 Å². The molecule has 0 unspecified atom stereocenters.